The fraction of sp³-hybridized carbons (Fsp3) is 0.125. The van der Waals surface area contributed by atoms with Crippen LogP contribution in [0.25, 0.3) is 49.5 Å². The largest absolute Gasteiger partial charge is 0.308 e. The van der Waals surface area contributed by atoms with Gasteiger partial charge < -0.3 is 4.57 Å². The van der Waals surface area contributed by atoms with Crippen LogP contribution in [0.5, 0.6) is 0 Å². The highest BCUT2D eigenvalue weighted by molar-refractivity contribution is 6.11. The third-order valence-corrected chi connectivity index (χ3v) is 7.26. The fourth-order valence-corrected chi connectivity index (χ4v) is 5.50. The van der Waals surface area contributed by atoms with E-state index in [0.717, 1.165) is 27.5 Å². The Morgan fingerprint density at radius 3 is 2.43 bits per heavy atom. The first kappa shape index (κ1) is 21.1. The van der Waals surface area contributed by atoms with E-state index in [1.807, 2.05) is 12.1 Å². The van der Waals surface area contributed by atoms with Crippen LogP contribution in [0, 0.1) is 32.1 Å². The van der Waals surface area contributed by atoms with E-state index < -0.39 is 0 Å². The molecule has 4 aromatic carbocycles. The maximum absolute atomic E-state index is 9.90. The van der Waals surface area contributed by atoms with Gasteiger partial charge in [-0.3, -0.25) is 0 Å². The second-order valence-corrected chi connectivity index (χ2v) is 9.47. The van der Waals surface area contributed by atoms with Crippen LogP contribution in [0.15, 0.2) is 85.1 Å². The van der Waals surface area contributed by atoms with Crippen LogP contribution >= 0.6 is 0 Å². The zero-order valence-electron chi connectivity index (χ0n) is 20.4. The fourth-order valence-electron chi connectivity index (χ4n) is 5.50. The van der Waals surface area contributed by atoms with Gasteiger partial charge >= 0.3 is 0 Å². The second-order valence-electron chi connectivity index (χ2n) is 9.47. The van der Waals surface area contributed by atoms with Gasteiger partial charge in [0.1, 0.15) is 13.1 Å². The van der Waals surface area contributed by atoms with Crippen molar-refractivity contribution in [2.45, 2.75) is 20.8 Å². The zero-order valence-corrected chi connectivity index (χ0v) is 20.4. The van der Waals surface area contributed by atoms with Gasteiger partial charge in [-0.05, 0) is 73.7 Å². The number of nitriles is 1. The van der Waals surface area contributed by atoms with E-state index in [1.165, 1.54) is 38.7 Å². The van der Waals surface area contributed by atoms with E-state index in [4.69, 9.17) is 0 Å². The highest BCUT2D eigenvalue weighted by Gasteiger charge is 2.20. The van der Waals surface area contributed by atoms with Gasteiger partial charge in [-0.1, -0.05) is 42.0 Å². The SMILES string of the molecule is Cc1cc(C)c(C)c(-c2c3ccc(-n4c5ccccc5c5cccc(C#N)c54)cc3cc[n+]2C)c1. The summed E-state index contributed by atoms with van der Waals surface area (Å²) in [5.74, 6) is 0. The lowest BCUT2D eigenvalue weighted by molar-refractivity contribution is -0.659. The molecule has 0 spiro atoms. The summed E-state index contributed by atoms with van der Waals surface area (Å²) in [6.45, 7) is 6.55. The Kier molecular flexibility index (Phi) is 4.72. The van der Waals surface area contributed by atoms with Crippen LogP contribution in [-0.4, -0.2) is 4.57 Å². The Hall–Kier alpha value is -4.42. The molecule has 6 aromatic rings. The number of nitrogens with zero attached hydrogens (tertiary/aromatic N) is 3. The molecular weight excluding hydrogens is 426 g/mol. The van der Waals surface area contributed by atoms with Crippen molar-refractivity contribution >= 4 is 32.6 Å². The first-order chi connectivity index (χ1) is 17.0. The number of pyridine rings is 1. The zero-order chi connectivity index (χ0) is 24.3. The molecule has 0 aliphatic rings. The number of hydrogen-bond acceptors (Lipinski definition) is 1. The van der Waals surface area contributed by atoms with Crippen molar-refractivity contribution in [1.29, 1.82) is 5.26 Å². The predicted octanol–water partition coefficient (Wildman–Crippen LogP) is 7.23. The van der Waals surface area contributed by atoms with Crippen LogP contribution in [0.3, 0.4) is 0 Å². The van der Waals surface area contributed by atoms with Gasteiger partial charge in [0.05, 0.1) is 27.5 Å². The number of aromatic nitrogens is 2. The number of rotatable bonds is 2. The standard InChI is InChI=1S/C32H26N3/c1-20-16-21(2)22(3)29(17-20)32-26-13-12-25(18-23(26)14-15-34(32)4)35-30-11-6-5-9-27(30)28-10-7-8-24(19-33)31(28)35/h5-18H,1-4H3/q+1. The highest BCUT2D eigenvalue weighted by atomic mass is 15.0. The first-order valence-electron chi connectivity index (χ1n) is 11.9. The van der Waals surface area contributed by atoms with E-state index >= 15 is 0 Å². The summed E-state index contributed by atoms with van der Waals surface area (Å²) < 4.78 is 4.45. The lowest BCUT2D eigenvalue weighted by Gasteiger charge is -2.13. The van der Waals surface area contributed by atoms with Crippen molar-refractivity contribution in [2.75, 3.05) is 0 Å². The maximum atomic E-state index is 9.90. The van der Waals surface area contributed by atoms with E-state index in [1.54, 1.807) is 0 Å². The third kappa shape index (κ3) is 3.15. The van der Waals surface area contributed by atoms with Crippen LogP contribution in [0.1, 0.15) is 22.3 Å². The molecule has 3 heteroatoms. The van der Waals surface area contributed by atoms with E-state index in [0.29, 0.717) is 5.56 Å². The molecule has 0 atom stereocenters. The Bertz CT molecular complexity index is 1850. The number of benzene rings is 4. The molecule has 3 nitrogen and oxygen atoms in total. The normalized spacial score (nSPS) is 11.4. The van der Waals surface area contributed by atoms with Crippen molar-refractivity contribution in [1.82, 2.24) is 4.57 Å². The number of aryl methyl sites for hydroxylation is 3. The van der Waals surface area contributed by atoms with Crippen molar-refractivity contribution < 1.29 is 4.57 Å². The molecule has 0 N–H and O–H groups in total. The maximum Gasteiger partial charge on any atom is 0.220 e. The van der Waals surface area contributed by atoms with Crippen LogP contribution in [0.4, 0.5) is 0 Å². The van der Waals surface area contributed by atoms with Gasteiger partial charge in [-0.15, -0.1) is 0 Å². The molecule has 0 unspecified atom stereocenters. The molecule has 0 saturated heterocycles. The first-order valence-corrected chi connectivity index (χ1v) is 11.9. The predicted molar refractivity (Wildman–Crippen MR) is 144 cm³/mol. The highest BCUT2D eigenvalue weighted by Crippen LogP contribution is 2.36. The van der Waals surface area contributed by atoms with Crippen LogP contribution < -0.4 is 4.57 Å². The molecule has 0 bridgehead atoms. The van der Waals surface area contributed by atoms with Crippen molar-refractivity contribution in [3.63, 3.8) is 0 Å². The minimum Gasteiger partial charge on any atom is -0.308 e. The smallest absolute Gasteiger partial charge is 0.220 e. The minimum atomic E-state index is 0.685. The topological polar surface area (TPSA) is 32.6 Å². The van der Waals surface area contributed by atoms with Crippen molar-refractivity contribution in [3.8, 4) is 23.0 Å². The molecule has 0 aliphatic carbocycles. The summed E-state index contributed by atoms with van der Waals surface area (Å²) in [6, 6.07) is 30.2. The molecule has 2 heterocycles. The Labute approximate surface area is 205 Å². The summed E-state index contributed by atoms with van der Waals surface area (Å²) in [6.07, 6.45) is 2.14. The minimum absolute atomic E-state index is 0.685. The van der Waals surface area contributed by atoms with Gasteiger partial charge in [-0.2, -0.15) is 5.26 Å². The van der Waals surface area contributed by atoms with Gasteiger partial charge in [0.25, 0.3) is 0 Å². The second kappa shape index (κ2) is 7.82. The molecule has 35 heavy (non-hydrogen) atoms. The quantitative estimate of drug-likeness (QED) is 0.255. The Morgan fingerprint density at radius 1 is 0.800 bits per heavy atom. The summed E-state index contributed by atoms with van der Waals surface area (Å²) in [4.78, 5) is 0. The van der Waals surface area contributed by atoms with Crippen LogP contribution in [0.2, 0.25) is 0 Å². The monoisotopic (exact) mass is 452 g/mol. The summed E-state index contributed by atoms with van der Waals surface area (Å²) in [5, 5.41) is 14.6. The molecule has 168 valence electrons. The van der Waals surface area contributed by atoms with E-state index in [-0.39, 0.29) is 0 Å². The van der Waals surface area contributed by atoms with Crippen molar-refractivity contribution in [2.24, 2.45) is 7.05 Å². The molecule has 0 radical (unpaired) electrons. The Morgan fingerprint density at radius 2 is 1.60 bits per heavy atom. The molecule has 0 aliphatic heterocycles. The number of fused-ring (bicyclic) bond motifs is 4. The van der Waals surface area contributed by atoms with Gasteiger partial charge in [0.2, 0.25) is 5.69 Å². The summed E-state index contributed by atoms with van der Waals surface area (Å²) in [7, 11) is 2.12. The van der Waals surface area contributed by atoms with E-state index in [2.05, 4.69) is 116 Å². The van der Waals surface area contributed by atoms with Crippen LogP contribution in [-0.2, 0) is 7.05 Å². The molecule has 6 rings (SSSR count). The van der Waals surface area contributed by atoms with Crippen molar-refractivity contribution in [3.05, 3.63) is 107 Å². The molecule has 0 fully saturated rings. The summed E-state index contributed by atoms with van der Waals surface area (Å²) in [5.41, 5.74) is 10.2. The molecule has 0 saturated carbocycles. The number of para-hydroxylation sites is 2. The molecular formula is C32H26N3+. The van der Waals surface area contributed by atoms with Gasteiger partial charge in [0, 0.05) is 22.5 Å². The lowest BCUT2D eigenvalue weighted by atomic mass is 9.94. The average molecular weight is 453 g/mol. The molecule has 2 aromatic heterocycles. The van der Waals surface area contributed by atoms with E-state index in [9.17, 15) is 5.26 Å². The lowest BCUT2D eigenvalue weighted by Crippen LogP contribution is -2.30. The summed E-state index contributed by atoms with van der Waals surface area (Å²) >= 11 is 0. The third-order valence-electron chi connectivity index (χ3n) is 7.26. The van der Waals surface area contributed by atoms with Gasteiger partial charge in [0.15, 0.2) is 6.20 Å². The van der Waals surface area contributed by atoms with Gasteiger partial charge in [-0.25, -0.2) is 4.57 Å². The molecule has 0 amide bonds. The average Bonchev–Trinajstić information content (AvgIpc) is 3.21. The number of hydrogen-bond donors (Lipinski definition) is 0. The Balaban J connectivity index is 1.67.